The Morgan fingerprint density at radius 1 is 0.902 bits per heavy atom. The SMILES string of the molecule is C=C(C)C(=O)OCC(COC=O)Cc1c(F)cc(-c2ccc(-c3ccc(C4CCC(CCCCC)CC4)cc3)c(CC)c2)cc1F.C=C(C)CO. The predicted molar refractivity (Wildman–Crippen MR) is 202 cm³/mol. The number of rotatable bonds is 17. The average Bonchev–Trinajstić information content (AvgIpc) is 3.14. The molecule has 0 radical (unpaired) electrons. The van der Waals surface area contributed by atoms with Gasteiger partial charge in [0.15, 0.2) is 0 Å². The Morgan fingerprint density at radius 2 is 1.53 bits per heavy atom. The number of carbonyl (C=O) groups is 2. The molecule has 0 amide bonds. The highest BCUT2D eigenvalue weighted by atomic mass is 19.1. The van der Waals surface area contributed by atoms with Gasteiger partial charge in [0.05, 0.1) is 19.8 Å². The van der Waals surface area contributed by atoms with Gasteiger partial charge in [0.25, 0.3) is 6.47 Å². The molecule has 1 N–H and O–H groups in total. The molecular weight excluding hydrogens is 646 g/mol. The summed E-state index contributed by atoms with van der Waals surface area (Å²) < 4.78 is 40.7. The highest BCUT2D eigenvalue weighted by Crippen LogP contribution is 2.39. The van der Waals surface area contributed by atoms with Crippen LogP contribution in [-0.4, -0.2) is 37.4 Å². The molecule has 5 nitrogen and oxygen atoms in total. The van der Waals surface area contributed by atoms with Crippen LogP contribution in [0.25, 0.3) is 22.3 Å². The molecule has 51 heavy (non-hydrogen) atoms. The second-order valence-corrected chi connectivity index (χ2v) is 14.0. The zero-order valence-electron chi connectivity index (χ0n) is 30.9. The third kappa shape index (κ3) is 12.9. The molecular formula is C44H56F2O5. The van der Waals surface area contributed by atoms with Gasteiger partial charge in [-0.05, 0) is 110 Å². The summed E-state index contributed by atoms with van der Waals surface area (Å²) in [6.45, 7) is 14.7. The number of unbranched alkanes of at least 4 members (excludes halogenated alkanes) is 2. The van der Waals surface area contributed by atoms with Crippen LogP contribution in [0.2, 0.25) is 0 Å². The number of halogens is 2. The number of carbonyl (C=O) groups excluding carboxylic acids is 2. The van der Waals surface area contributed by atoms with Crippen molar-refractivity contribution in [2.24, 2.45) is 11.8 Å². The summed E-state index contributed by atoms with van der Waals surface area (Å²) in [5.41, 5.74) is 6.83. The van der Waals surface area contributed by atoms with E-state index in [0.29, 0.717) is 11.5 Å². The van der Waals surface area contributed by atoms with E-state index in [4.69, 9.17) is 14.6 Å². The van der Waals surface area contributed by atoms with Crippen molar-refractivity contribution in [3.63, 3.8) is 0 Å². The lowest BCUT2D eigenvalue weighted by Crippen LogP contribution is -2.22. The molecule has 1 saturated carbocycles. The Labute approximate surface area is 303 Å². The first-order valence-electron chi connectivity index (χ1n) is 18.4. The van der Waals surface area contributed by atoms with Crippen molar-refractivity contribution in [3.05, 3.63) is 107 Å². The standard InChI is InChI=1S/C40H48F2O4.C4H8O/c1-5-7-8-9-28-10-12-31(13-11-28)32-14-16-33(17-15-32)36-19-18-34(21-30(36)6-2)35-22-38(41)37(39(42)23-35)20-29(24-45-26-43)25-46-40(44)27(3)4;1-4(2)3-5/h14-19,21-23,26,28-29,31H,3,5-13,20,24-25H2,1-2,4H3;5H,1,3H2,2H3. The Bertz CT molecular complexity index is 1560. The highest BCUT2D eigenvalue weighted by Gasteiger charge is 2.23. The molecule has 1 fully saturated rings. The van der Waals surface area contributed by atoms with Gasteiger partial charge in [-0.3, -0.25) is 4.79 Å². The third-order valence-corrected chi connectivity index (χ3v) is 9.68. The topological polar surface area (TPSA) is 72.8 Å². The number of ether oxygens (including phenoxy) is 2. The minimum Gasteiger partial charge on any atom is -0.467 e. The van der Waals surface area contributed by atoms with Crippen LogP contribution in [0.1, 0.15) is 102 Å². The normalized spacial score (nSPS) is 16.0. The van der Waals surface area contributed by atoms with E-state index in [9.17, 15) is 9.59 Å². The fourth-order valence-corrected chi connectivity index (χ4v) is 6.66. The number of aliphatic hydroxyl groups is 1. The molecule has 0 aliphatic heterocycles. The van der Waals surface area contributed by atoms with E-state index in [1.807, 2.05) is 18.2 Å². The fourth-order valence-electron chi connectivity index (χ4n) is 6.66. The van der Waals surface area contributed by atoms with E-state index in [2.05, 4.69) is 51.3 Å². The molecule has 0 heterocycles. The first-order chi connectivity index (χ1) is 24.5. The maximum atomic E-state index is 15.3. The first-order valence-corrected chi connectivity index (χ1v) is 18.4. The van der Waals surface area contributed by atoms with Crippen LogP contribution in [0, 0.1) is 23.5 Å². The lowest BCUT2D eigenvalue weighted by atomic mass is 9.77. The molecule has 1 aliphatic rings. The van der Waals surface area contributed by atoms with Crippen LogP contribution in [0.3, 0.4) is 0 Å². The molecule has 1 aliphatic carbocycles. The van der Waals surface area contributed by atoms with Crippen molar-refractivity contribution < 1.29 is 33.0 Å². The third-order valence-electron chi connectivity index (χ3n) is 9.68. The van der Waals surface area contributed by atoms with E-state index >= 15 is 8.78 Å². The van der Waals surface area contributed by atoms with Gasteiger partial charge in [0.2, 0.25) is 0 Å². The predicted octanol–water partition coefficient (Wildman–Crippen LogP) is 10.7. The zero-order valence-corrected chi connectivity index (χ0v) is 30.9. The molecule has 0 aromatic heterocycles. The summed E-state index contributed by atoms with van der Waals surface area (Å²) in [6, 6.07) is 17.6. The molecule has 0 spiro atoms. The lowest BCUT2D eigenvalue weighted by Gasteiger charge is -2.29. The number of hydrogen-bond acceptors (Lipinski definition) is 5. The van der Waals surface area contributed by atoms with E-state index < -0.39 is 23.5 Å². The molecule has 0 saturated heterocycles. The Hall–Kier alpha value is -4.10. The number of aryl methyl sites for hydroxylation is 1. The van der Waals surface area contributed by atoms with Crippen molar-refractivity contribution in [2.45, 2.75) is 97.8 Å². The zero-order chi connectivity index (χ0) is 37.3. The van der Waals surface area contributed by atoms with E-state index in [1.165, 1.54) is 76.0 Å². The van der Waals surface area contributed by atoms with Crippen LogP contribution in [0.5, 0.6) is 0 Å². The number of benzene rings is 3. The van der Waals surface area contributed by atoms with Crippen molar-refractivity contribution in [1.29, 1.82) is 0 Å². The largest absolute Gasteiger partial charge is 0.467 e. The maximum absolute atomic E-state index is 15.3. The first kappa shape index (κ1) is 41.3. The van der Waals surface area contributed by atoms with Crippen LogP contribution in [-0.2, 0) is 31.9 Å². The summed E-state index contributed by atoms with van der Waals surface area (Å²) in [7, 11) is 0. The van der Waals surface area contributed by atoms with Crippen LogP contribution in [0.4, 0.5) is 8.78 Å². The Kier molecular flexibility index (Phi) is 17.3. The molecule has 3 aromatic rings. The fraction of sp³-hybridized carbons (Fsp3) is 0.455. The van der Waals surface area contributed by atoms with Gasteiger partial charge in [-0.1, -0.05) is 101 Å². The van der Waals surface area contributed by atoms with Crippen molar-refractivity contribution in [3.8, 4) is 22.3 Å². The number of esters is 1. The van der Waals surface area contributed by atoms with Crippen molar-refractivity contribution in [1.82, 2.24) is 0 Å². The lowest BCUT2D eigenvalue weighted by molar-refractivity contribution is -0.141. The highest BCUT2D eigenvalue weighted by molar-refractivity contribution is 5.86. The van der Waals surface area contributed by atoms with Gasteiger partial charge in [0.1, 0.15) is 11.6 Å². The van der Waals surface area contributed by atoms with E-state index in [0.717, 1.165) is 40.2 Å². The van der Waals surface area contributed by atoms with Crippen LogP contribution in [0.15, 0.2) is 78.9 Å². The van der Waals surface area contributed by atoms with Gasteiger partial charge >= 0.3 is 5.97 Å². The second-order valence-electron chi connectivity index (χ2n) is 14.0. The second kappa shape index (κ2) is 21.3. The summed E-state index contributed by atoms with van der Waals surface area (Å²) in [5.74, 6) is -1.11. The van der Waals surface area contributed by atoms with Crippen LogP contribution >= 0.6 is 0 Å². The van der Waals surface area contributed by atoms with Gasteiger partial charge in [-0.15, -0.1) is 0 Å². The van der Waals surface area contributed by atoms with Gasteiger partial charge < -0.3 is 14.6 Å². The van der Waals surface area contributed by atoms with Gasteiger partial charge in [0, 0.05) is 17.1 Å². The minimum absolute atomic E-state index is 0.106. The molecule has 4 rings (SSSR count). The molecule has 3 aromatic carbocycles. The smallest absolute Gasteiger partial charge is 0.333 e. The average molecular weight is 703 g/mol. The molecule has 0 bridgehead atoms. The maximum Gasteiger partial charge on any atom is 0.333 e. The van der Waals surface area contributed by atoms with E-state index in [-0.39, 0.29) is 43.9 Å². The Balaban J connectivity index is 0.00000131. The molecule has 1 atom stereocenters. The summed E-state index contributed by atoms with van der Waals surface area (Å²) in [6.07, 6.45) is 11.3. The number of hydrogen-bond donors (Lipinski definition) is 1. The molecule has 1 unspecified atom stereocenters. The molecule has 276 valence electrons. The van der Waals surface area contributed by atoms with Gasteiger partial charge in [-0.25, -0.2) is 13.6 Å². The van der Waals surface area contributed by atoms with E-state index in [1.54, 1.807) is 6.92 Å². The quantitative estimate of drug-likeness (QED) is 0.0498. The van der Waals surface area contributed by atoms with Crippen molar-refractivity contribution in [2.75, 3.05) is 19.8 Å². The minimum atomic E-state index is -0.704. The Morgan fingerprint density at radius 3 is 2.08 bits per heavy atom. The summed E-state index contributed by atoms with van der Waals surface area (Å²) >= 11 is 0. The summed E-state index contributed by atoms with van der Waals surface area (Å²) in [4.78, 5) is 22.6. The van der Waals surface area contributed by atoms with Crippen LogP contribution < -0.4 is 0 Å². The molecule has 7 heteroatoms. The van der Waals surface area contributed by atoms with Gasteiger partial charge in [-0.2, -0.15) is 0 Å². The monoisotopic (exact) mass is 702 g/mol. The number of aliphatic hydroxyl groups excluding tert-OH is 1. The van der Waals surface area contributed by atoms with Crippen molar-refractivity contribution >= 4 is 12.4 Å². The summed E-state index contributed by atoms with van der Waals surface area (Å²) in [5, 5.41) is 8.04.